The van der Waals surface area contributed by atoms with Crippen LogP contribution in [0.1, 0.15) is 23.6 Å². The van der Waals surface area contributed by atoms with Crippen molar-refractivity contribution in [1.29, 1.82) is 0 Å². The topological polar surface area (TPSA) is 120 Å². The summed E-state index contributed by atoms with van der Waals surface area (Å²) in [6.45, 7) is 1.60. The van der Waals surface area contributed by atoms with Crippen LogP contribution < -0.4 is 10.1 Å². The number of amides is 1. The Bertz CT molecular complexity index is 1310. The lowest BCUT2D eigenvalue weighted by Crippen LogP contribution is -2.07. The van der Waals surface area contributed by atoms with Crippen LogP contribution in [0.25, 0.3) is 6.08 Å². The van der Waals surface area contributed by atoms with Crippen LogP contribution in [0, 0.1) is 10.1 Å². The van der Waals surface area contributed by atoms with Gasteiger partial charge in [-0.3, -0.25) is 14.9 Å². The molecule has 1 heterocycles. The number of rotatable bonds is 7. The van der Waals surface area contributed by atoms with E-state index in [1.807, 2.05) is 0 Å². The zero-order valence-corrected chi connectivity index (χ0v) is 18.1. The molecule has 0 saturated carbocycles. The first-order chi connectivity index (χ1) is 16.4. The van der Waals surface area contributed by atoms with Crippen molar-refractivity contribution in [2.45, 2.75) is 13.5 Å². The molecule has 0 bridgehead atoms. The number of nitro groups is 1. The maximum Gasteiger partial charge on any atom is 0.363 e. The van der Waals surface area contributed by atoms with Gasteiger partial charge in [-0.25, -0.2) is 9.79 Å². The van der Waals surface area contributed by atoms with Crippen LogP contribution >= 0.6 is 0 Å². The Kier molecular flexibility index (Phi) is 6.45. The fourth-order valence-corrected chi connectivity index (χ4v) is 3.18. The Morgan fingerprint density at radius 3 is 2.53 bits per heavy atom. The summed E-state index contributed by atoms with van der Waals surface area (Å²) in [4.78, 5) is 38.1. The monoisotopic (exact) mass is 457 g/mol. The Morgan fingerprint density at radius 1 is 1.12 bits per heavy atom. The predicted octanol–water partition coefficient (Wildman–Crippen LogP) is 4.48. The standard InChI is InChI=1S/C25H19N3O6/c1-16(29)26-20-9-7-19(8-10-20)24-27-23(25(30)34-24)14-17-5-11-22(12-6-17)33-15-18-3-2-4-21(13-18)28(31)32/h2-14H,15H2,1H3,(H,26,29)/b23-14-. The maximum absolute atomic E-state index is 12.2. The summed E-state index contributed by atoms with van der Waals surface area (Å²) in [6.07, 6.45) is 1.60. The minimum absolute atomic E-state index is 0.00937. The van der Waals surface area contributed by atoms with E-state index in [0.717, 1.165) is 5.56 Å². The molecule has 9 nitrogen and oxygen atoms in total. The third-order valence-corrected chi connectivity index (χ3v) is 4.78. The molecule has 1 aliphatic rings. The third kappa shape index (κ3) is 5.52. The lowest BCUT2D eigenvalue weighted by Gasteiger charge is -2.06. The maximum atomic E-state index is 12.2. The van der Waals surface area contributed by atoms with Gasteiger partial charge in [-0.15, -0.1) is 0 Å². The van der Waals surface area contributed by atoms with E-state index in [0.29, 0.717) is 22.6 Å². The van der Waals surface area contributed by atoms with Gasteiger partial charge in [-0.2, -0.15) is 0 Å². The van der Waals surface area contributed by atoms with Crippen molar-refractivity contribution in [3.8, 4) is 5.75 Å². The van der Waals surface area contributed by atoms with Gasteiger partial charge >= 0.3 is 5.97 Å². The quantitative estimate of drug-likeness (QED) is 0.242. The Balaban J connectivity index is 1.42. The number of anilines is 1. The van der Waals surface area contributed by atoms with E-state index in [-0.39, 0.29) is 29.8 Å². The lowest BCUT2D eigenvalue weighted by atomic mass is 10.2. The molecule has 0 aromatic heterocycles. The molecule has 4 rings (SSSR count). The molecular weight excluding hydrogens is 438 g/mol. The summed E-state index contributed by atoms with van der Waals surface area (Å²) >= 11 is 0. The summed E-state index contributed by atoms with van der Waals surface area (Å²) in [5, 5.41) is 13.6. The second kappa shape index (κ2) is 9.78. The number of hydrogen-bond acceptors (Lipinski definition) is 7. The summed E-state index contributed by atoms with van der Waals surface area (Å²) in [6, 6.07) is 20.0. The summed E-state index contributed by atoms with van der Waals surface area (Å²) in [7, 11) is 0. The molecule has 3 aromatic rings. The third-order valence-electron chi connectivity index (χ3n) is 4.78. The zero-order chi connectivity index (χ0) is 24.1. The largest absolute Gasteiger partial charge is 0.489 e. The summed E-state index contributed by atoms with van der Waals surface area (Å²) < 4.78 is 11.0. The fourth-order valence-electron chi connectivity index (χ4n) is 3.18. The van der Waals surface area contributed by atoms with Crippen LogP contribution in [0.3, 0.4) is 0 Å². The molecule has 3 aromatic carbocycles. The molecule has 0 saturated heterocycles. The van der Waals surface area contributed by atoms with Crippen LogP contribution in [0.2, 0.25) is 0 Å². The molecule has 34 heavy (non-hydrogen) atoms. The number of nitro benzene ring substituents is 1. The minimum Gasteiger partial charge on any atom is -0.489 e. The number of esters is 1. The number of ether oxygens (including phenoxy) is 2. The highest BCUT2D eigenvalue weighted by Crippen LogP contribution is 2.22. The molecule has 9 heteroatoms. The van der Waals surface area contributed by atoms with E-state index in [2.05, 4.69) is 10.3 Å². The highest BCUT2D eigenvalue weighted by Gasteiger charge is 2.24. The Hall–Kier alpha value is -4.79. The van der Waals surface area contributed by atoms with E-state index in [4.69, 9.17) is 9.47 Å². The SMILES string of the molecule is CC(=O)Nc1ccc(C2=N/C(=C\c3ccc(OCc4cccc([N+](=O)[O-])c4)cc3)C(=O)O2)cc1. The second-order valence-corrected chi connectivity index (χ2v) is 7.38. The number of nitrogens with one attached hydrogen (secondary N) is 1. The number of hydrogen-bond donors (Lipinski definition) is 1. The molecule has 1 N–H and O–H groups in total. The van der Waals surface area contributed by atoms with Crippen molar-refractivity contribution < 1.29 is 24.0 Å². The van der Waals surface area contributed by atoms with Gasteiger partial charge in [0.15, 0.2) is 5.70 Å². The van der Waals surface area contributed by atoms with E-state index in [1.165, 1.54) is 19.1 Å². The Labute approximate surface area is 194 Å². The molecule has 170 valence electrons. The number of aliphatic imine (C=N–C) groups is 1. The molecule has 0 fully saturated rings. The number of nitrogens with zero attached hydrogens (tertiary/aromatic N) is 2. The van der Waals surface area contributed by atoms with E-state index in [1.54, 1.807) is 66.7 Å². The minimum atomic E-state index is -0.563. The van der Waals surface area contributed by atoms with Gasteiger partial charge in [0.2, 0.25) is 11.8 Å². The number of carbonyl (C=O) groups is 2. The number of benzene rings is 3. The Morgan fingerprint density at radius 2 is 1.85 bits per heavy atom. The van der Waals surface area contributed by atoms with Gasteiger partial charge in [-0.1, -0.05) is 24.3 Å². The van der Waals surface area contributed by atoms with Crippen LogP contribution in [-0.4, -0.2) is 22.7 Å². The van der Waals surface area contributed by atoms with Crippen molar-refractivity contribution in [2.75, 3.05) is 5.32 Å². The van der Waals surface area contributed by atoms with Crippen molar-refractivity contribution >= 4 is 35.2 Å². The molecule has 0 unspecified atom stereocenters. The second-order valence-electron chi connectivity index (χ2n) is 7.38. The van der Waals surface area contributed by atoms with Crippen LogP contribution in [0.15, 0.2) is 83.5 Å². The van der Waals surface area contributed by atoms with Crippen LogP contribution in [0.5, 0.6) is 5.75 Å². The highest BCUT2D eigenvalue weighted by atomic mass is 16.6. The fraction of sp³-hybridized carbons (Fsp3) is 0.0800. The lowest BCUT2D eigenvalue weighted by molar-refractivity contribution is -0.384. The van der Waals surface area contributed by atoms with Gasteiger partial charge in [0.25, 0.3) is 5.69 Å². The van der Waals surface area contributed by atoms with E-state index >= 15 is 0 Å². The van der Waals surface area contributed by atoms with Crippen molar-refractivity contribution in [1.82, 2.24) is 0 Å². The first kappa shape index (κ1) is 22.4. The highest BCUT2D eigenvalue weighted by molar-refractivity contribution is 6.13. The van der Waals surface area contributed by atoms with E-state index < -0.39 is 10.9 Å². The smallest absolute Gasteiger partial charge is 0.363 e. The molecule has 1 aliphatic heterocycles. The van der Waals surface area contributed by atoms with Crippen molar-refractivity contribution in [2.24, 2.45) is 4.99 Å². The molecule has 0 aliphatic carbocycles. The average Bonchev–Trinajstić information content (AvgIpc) is 3.19. The molecule has 0 spiro atoms. The van der Waals surface area contributed by atoms with Gasteiger partial charge < -0.3 is 14.8 Å². The number of carbonyl (C=O) groups excluding carboxylic acids is 2. The molecular formula is C25H19N3O6. The van der Waals surface area contributed by atoms with Crippen molar-refractivity contribution in [3.63, 3.8) is 0 Å². The summed E-state index contributed by atoms with van der Waals surface area (Å²) in [5.41, 5.74) is 2.81. The average molecular weight is 457 g/mol. The van der Waals surface area contributed by atoms with Crippen molar-refractivity contribution in [3.05, 3.63) is 105 Å². The predicted molar refractivity (Wildman–Crippen MR) is 125 cm³/mol. The van der Waals surface area contributed by atoms with E-state index in [9.17, 15) is 19.7 Å². The molecule has 0 radical (unpaired) electrons. The molecule has 1 amide bonds. The number of non-ortho nitro benzene ring substituents is 1. The molecule has 0 atom stereocenters. The first-order valence-corrected chi connectivity index (χ1v) is 10.2. The van der Waals surface area contributed by atoms with Gasteiger partial charge in [-0.05, 0) is 53.6 Å². The van der Waals surface area contributed by atoms with Gasteiger partial charge in [0.05, 0.1) is 4.92 Å². The summed E-state index contributed by atoms with van der Waals surface area (Å²) in [5.74, 6) is 0.0173. The van der Waals surface area contributed by atoms with Gasteiger partial charge in [0.1, 0.15) is 12.4 Å². The van der Waals surface area contributed by atoms with Crippen LogP contribution in [0.4, 0.5) is 11.4 Å². The normalized spacial score (nSPS) is 13.9. The number of cyclic esters (lactones) is 1. The first-order valence-electron chi connectivity index (χ1n) is 10.2. The zero-order valence-electron chi connectivity index (χ0n) is 18.1. The van der Waals surface area contributed by atoms with Crippen LogP contribution in [-0.2, 0) is 20.9 Å². The van der Waals surface area contributed by atoms with Gasteiger partial charge in [0, 0.05) is 30.3 Å².